The predicted octanol–water partition coefficient (Wildman–Crippen LogP) is -5.64. The molecule has 37 atom stereocenters. The van der Waals surface area contributed by atoms with E-state index in [0.717, 1.165) is 5.57 Å². The lowest BCUT2D eigenvalue weighted by Gasteiger charge is -2.61. The first-order valence-corrected chi connectivity index (χ1v) is 29.6. The van der Waals surface area contributed by atoms with Gasteiger partial charge in [-0.2, -0.15) is 0 Å². The molecule has 0 aromatic heterocycles. The molecule has 4 aliphatic carbocycles. The van der Waals surface area contributed by atoms with Gasteiger partial charge in [-0.1, -0.05) is 32.1 Å². The summed E-state index contributed by atoms with van der Waals surface area (Å²) in [6.45, 7) is 10.8. The summed E-state index contributed by atoms with van der Waals surface area (Å²) in [5, 5.41) is 176. The predicted molar refractivity (Wildman–Crippen MR) is 276 cm³/mol. The Morgan fingerprint density at radius 2 is 1.19 bits per heavy atom. The van der Waals surface area contributed by atoms with Crippen LogP contribution in [0.15, 0.2) is 23.8 Å². The molecule has 480 valence electrons. The van der Waals surface area contributed by atoms with Crippen LogP contribution in [0.5, 0.6) is 0 Å². The van der Waals surface area contributed by atoms with E-state index in [0.29, 0.717) is 32.1 Å². The minimum absolute atomic E-state index is 0.0372. The molecule has 11 aliphatic rings. The summed E-state index contributed by atoms with van der Waals surface area (Å²) in [5.41, 5.74) is -0.171. The number of allylic oxidation sites excluding steroid dienone is 1. The number of aliphatic hydroxyl groups is 16. The van der Waals surface area contributed by atoms with Crippen molar-refractivity contribution in [2.45, 2.75) is 257 Å². The molecular weight excluding hydrogens is 1120 g/mol. The van der Waals surface area contributed by atoms with Gasteiger partial charge in [-0.05, 0) is 81.6 Å². The van der Waals surface area contributed by atoms with E-state index in [1.807, 2.05) is 0 Å². The zero-order chi connectivity index (χ0) is 60.5. The maximum Gasteiger partial charge on any atom is 0.203 e. The highest BCUT2D eigenvalue weighted by Gasteiger charge is 2.73. The lowest BCUT2D eigenvalue weighted by Crippen LogP contribution is -2.67. The van der Waals surface area contributed by atoms with Crippen molar-refractivity contribution in [2.24, 2.45) is 40.4 Å². The standard InChI is InChI=1S/C56H88O28/c1-18-16-74-56(48(72)44(18)80-52-43(71)39(67)45(21(4)77-52)81-50-41(69)37(65)33(61)19(2)75-50)27(14-57)32-29(84-56)13-26-24-8-7-22-11-23(59)12-31(55(22,6)25(24)9-10-54(26,32)5)79-53-47(83-51-42(70)38(66)34(62)20(3)76-51)46(36(64)30(15-58)78-53)82-49-40(68)35(63)28(60)17-73-49/h7,19-21,23-53,57-72H,1,8-17H2,2-6H3/t19-,20-,21-,23+,24+,25-,26-,27-,28+,29-,30+,31+,32-,33-,34-,35-,36+,37+,38+,39-,40+,41+,42+,43+,44-,45-,46-,47+,48-,49-,50-,51-,52-,53-,54-,55-,56-/m0/s1. The van der Waals surface area contributed by atoms with Crippen LogP contribution in [0.3, 0.4) is 0 Å². The third-order valence-corrected chi connectivity index (χ3v) is 21.4. The molecule has 0 aromatic rings. The highest BCUT2D eigenvalue weighted by Crippen LogP contribution is 2.71. The van der Waals surface area contributed by atoms with Crippen LogP contribution in [-0.2, 0) is 56.8 Å². The van der Waals surface area contributed by atoms with Crippen molar-refractivity contribution in [1.29, 1.82) is 0 Å². The summed E-state index contributed by atoms with van der Waals surface area (Å²) in [7, 11) is 0. The second kappa shape index (κ2) is 24.2. The third kappa shape index (κ3) is 10.5. The van der Waals surface area contributed by atoms with Crippen LogP contribution < -0.4 is 0 Å². The SMILES string of the molecule is C=C1CO[C@@]2(O[C@H]3C[C@H]4[C@@H]5CC=C6C[C@@H](O)C[C@@H](O[C@@H]7O[C@H](CO)[C@@H](O)[C@H](O[C@@H]8OC[C@@H](O)[C@H](O)[C@H]8O)[C@H]7O[C@@H]7O[C@@H](C)[C@H](O)[C@@H](O)[C@H]7O)[C@]6(C)[C@H]5CC[C@]4(C)[C@H]3[C@@H]2CO)[C@@H](O)[C@H]1O[C@@H]1O[C@@H](C)[C@H](O[C@@H]2O[C@@H](C)[C@H](O)[C@@H](O)[C@H]2O)[C@@H](O)[C@H]1O. The zero-order valence-electron chi connectivity index (χ0n) is 47.5. The number of aliphatic hydroxyl groups excluding tert-OH is 16. The van der Waals surface area contributed by atoms with Gasteiger partial charge in [0.15, 0.2) is 31.5 Å². The van der Waals surface area contributed by atoms with Crippen LogP contribution in [0.1, 0.15) is 73.1 Å². The Hall–Kier alpha value is -1.64. The van der Waals surface area contributed by atoms with E-state index in [-0.39, 0.29) is 42.3 Å². The Kier molecular flexibility index (Phi) is 18.4. The molecule has 0 bridgehead atoms. The summed E-state index contributed by atoms with van der Waals surface area (Å²) in [4.78, 5) is 0. The van der Waals surface area contributed by atoms with Crippen molar-refractivity contribution in [3.05, 3.63) is 23.8 Å². The number of ether oxygens (including phenoxy) is 12. The number of rotatable bonds is 12. The Balaban J connectivity index is 0.823. The van der Waals surface area contributed by atoms with E-state index in [1.54, 1.807) is 0 Å². The van der Waals surface area contributed by atoms with Gasteiger partial charge in [0.05, 0.1) is 63.1 Å². The largest absolute Gasteiger partial charge is 0.396 e. The Morgan fingerprint density at radius 3 is 1.83 bits per heavy atom. The molecule has 3 saturated carbocycles. The van der Waals surface area contributed by atoms with Crippen LogP contribution in [0.4, 0.5) is 0 Å². The summed E-state index contributed by atoms with van der Waals surface area (Å²) >= 11 is 0. The fourth-order valence-corrected chi connectivity index (χ4v) is 16.6. The molecule has 10 fully saturated rings. The molecule has 84 heavy (non-hydrogen) atoms. The lowest BCUT2D eigenvalue weighted by atomic mass is 9.46. The summed E-state index contributed by atoms with van der Waals surface area (Å²) in [5.74, 6) is -3.20. The quantitative estimate of drug-likeness (QED) is 0.0810. The molecule has 11 rings (SSSR count). The van der Waals surface area contributed by atoms with Gasteiger partial charge >= 0.3 is 0 Å². The monoisotopic (exact) mass is 1210 g/mol. The third-order valence-electron chi connectivity index (χ3n) is 21.4. The van der Waals surface area contributed by atoms with E-state index in [2.05, 4.69) is 26.5 Å². The van der Waals surface area contributed by atoms with Crippen LogP contribution >= 0.6 is 0 Å². The van der Waals surface area contributed by atoms with Crippen molar-refractivity contribution in [3.8, 4) is 0 Å². The molecule has 0 unspecified atom stereocenters. The zero-order valence-corrected chi connectivity index (χ0v) is 47.5. The molecule has 0 amide bonds. The smallest absolute Gasteiger partial charge is 0.203 e. The first-order valence-electron chi connectivity index (χ1n) is 29.6. The molecule has 0 aromatic carbocycles. The lowest BCUT2D eigenvalue weighted by molar-refractivity contribution is -0.393. The van der Waals surface area contributed by atoms with Crippen molar-refractivity contribution in [3.63, 3.8) is 0 Å². The van der Waals surface area contributed by atoms with Gasteiger partial charge in [0.1, 0.15) is 110 Å². The van der Waals surface area contributed by atoms with Crippen molar-refractivity contribution < 1.29 is 139 Å². The fourth-order valence-electron chi connectivity index (χ4n) is 16.6. The number of fused-ring (bicyclic) bond motifs is 7. The van der Waals surface area contributed by atoms with Crippen molar-refractivity contribution in [1.82, 2.24) is 0 Å². The summed E-state index contributed by atoms with van der Waals surface area (Å²) < 4.78 is 74.4. The fraction of sp³-hybridized carbons (Fsp3) is 0.929. The Bertz CT molecular complexity index is 2340. The first-order chi connectivity index (χ1) is 39.7. The maximum atomic E-state index is 12.5. The molecule has 28 nitrogen and oxygen atoms in total. The Morgan fingerprint density at radius 1 is 0.595 bits per heavy atom. The topological polar surface area (TPSA) is 434 Å². The molecule has 7 saturated heterocycles. The highest BCUT2D eigenvalue weighted by molar-refractivity contribution is 5.29. The molecule has 28 heteroatoms. The minimum Gasteiger partial charge on any atom is -0.396 e. The molecule has 7 heterocycles. The number of hydrogen-bond acceptors (Lipinski definition) is 28. The van der Waals surface area contributed by atoms with E-state index >= 15 is 0 Å². The summed E-state index contributed by atoms with van der Waals surface area (Å²) in [6.07, 6.45) is -37.8. The van der Waals surface area contributed by atoms with E-state index in [1.165, 1.54) is 20.8 Å². The second-order valence-corrected chi connectivity index (χ2v) is 26.1. The van der Waals surface area contributed by atoms with Crippen LogP contribution in [0, 0.1) is 40.4 Å². The first kappa shape index (κ1) is 63.9. The average molecular weight is 1210 g/mol. The molecule has 1 spiro atoms. The van der Waals surface area contributed by atoms with Gasteiger partial charge in [0.25, 0.3) is 0 Å². The molecule has 7 aliphatic heterocycles. The normalized spacial score (nSPS) is 57.7. The van der Waals surface area contributed by atoms with Crippen LogP contribution in [0.25, 0.3) is 0 Å². The van der Waals surface area contributed by atoms with Gasteiger partial charge in [0.2, 0.25) is 5.79 Å². The van der Waals surface area contributed by atoms with E-state index in [4.69, 9.17) is 56.8 Å². The maximum absolute atomic E-state index is 12.5. The van der Waals surface area contributed by atoms with E-state index in [9.17, 15) is 81.7 Å². The summed E-state index contributed by atoms with van der Waals surface area (Å²) in [6, 6.07) is 0. The van der Waals surface area contributed by atoms with E-state index < -0.39 is 220 Å². The molecule has 0 radical (unpaired) electrons. The van der Waals surface area contributed by atoms with Crippen LogP contribution in [-0.4, -0.2) is 292 Å². The van der Waals surface area contributed by atoms with Crippen molar-refractivity contribution in [2.75, 3.05) is 26.4 Å². The minimum atomic E-state index is -1.87. The Labute approximate surface area is 484 Å². The van der Waals surface area contributed by atoms with Gasteiger partial charge in [-0.3, -0.25) is 0 Å². The molecule has 16 N–H and O–H groups in total. The van der Waals surface area contributed by atoms with Gasteiger partial charge in [-0.15, -0.1) is 0 Å². The average Bonchev–Trinajstić information content (AvgIpc) is 1.51. The highest BCUT2D eigenvalue weighted by atomic mass is 16.8. The second-order valence-electron chi connectivity index (χ2n) is 26.1. The van der Waals surface area contributed by atoms with Gasteiger partial charge in [0, 0.05) is 23.7 Å². The van der Waals surface area contributed by atoms with Crippen molar-refractivity contribution >= 4 is 0 Å². The molecular formula is C56H88O28. The van der Waals surface area contributed by atoms with Gasteiger partial charge < -0.3 is 139 Å². The number of hydrogen-bond donors (Lipinski definition) is 16. The van der Waals surface area contributed by atoms with Gasteiger partial charge in [-0.25, -0.2) is 0 Å². The van der Waals surface area contributed by atoms with Crippen LogP contribution in [0.2, 0.25) is 0 Å².